The fourth-order valence-corrected chi connectivity index (χ4v) is 5.11. The summed E-state index contributed by atoms with van der Waals surface area (Å²) in [6.45, 7) is 11.6. The van der Waals surface area contributed by atoms with Gasteiger partial charge in [0.25, 0.3) is 0 Å². The molecule has 0 spiro atoms. The molecule has 2 aromatic carbocycles. The lowest BCUT2D eigenvalue weighted by atomic mass is 9.92. The predicted octanol–water partition coefficient (Wildman–Crippen LogP) is 3.97. The average Bonchev–Trinajstić information content (AvgIpc) is 3.34. The van der Waals surface area contributed by atoms with Crippen molar-refractivity contribution in [2.45, 2.75) is 57.8 Å². The van der Waals surface area contributed by atoms with Gasteiger partial charge in [-0.05, 0) is 61.2 Å². The number of piperazine rings is 1. The number of unbranched alkanes of at least 4 members (excludes halogenated alkanes) is 1. The summed E-state index contributed by atoms with van der Waals surface area (Å²) in [5, 5.41) is 32.1. The van der Waals surface area contributed by atoms with Crippen molar-refractivity contribution in [3.05, 3.63) is 72.3 Å². The van der Waals surface area contributed by atoms with Crippen LogP contribution in [0, 0.1) is 0 Å². The summed E-state index contributed by atoms with van der Waals surface area (Å²) in [4.78, 5) is 17.2. The zero-order valence-electron chi connectivity index (χ0n) is 21.6. The molecule has 0 unspecified atom stereocenters. The highest BCUT2D eigenvalue weighted by Gasteiger charge is 2.34. The van der Waals surface area contributed by atoms with Crippen LogP contribution in [0.2, 0.25) is 0 Å². The molecule has 1 fully saturated rings. The molecule has 1 aromatic heterocycles. The van der Waals surface area contributed by atoms with Gasteiger partial charge in [-0.2, -0.15) is 4.80 Å². The molecule has 0 bridgehead atoms. The first-order chi connectivity index (χ1) is 17.9. The van der Waals surface area contributed by atoms with Crippen molar-refractivity contribution in [2.75, 3.05) is 19.6 Å². The van der Waals surface area contributed by atoms with E-state index in [1.54, 1.807) is 6.07 Å². The number of aryl methyl sites for hydroxylation is 1. The van der Waals surface area contributed by atoms with Gasteiger partial charge in [-0.1, -0.05) is 36.4 Å². The Morgan fingerprint density at radius 3 is 2.59 bits per heavy atom. The van der Waals surface area contributed by atoms with Crippen molar-refractivity contribution in [3.63, 3.8) is 0 Å². The topological polar surface area (TPSA) is 108 Å². The molecule has 9 heteroatoms. The molecule has 0 amide bonds. The second-order valence-electron chi connectivity index (χ2n) is 9.82. The van der Waals surface area contributed by atoms with Crippen molar-refractivity contribution in [1.82, 2.24) is 30.0 Å². The minimum Gasteiger partial charge on any atom is -0.508 e. The quantitative estimate of drug-likeness (QED) is 0.298. The number of benzene rings is 2. The molecule has 1 aliphatic heterocycles. The van der Waals surface area contributed by atoms with Gasteiger partial charge in [-0.15, -0.1) is 16.8 Å². The fraction of sp³-hybridized carbons (Fsp3) is 0.429. The van der Waals surface area contributed by atoms with E-state index in [9.17, 15) is 9.90 Å². The van der Waals surface area contributed by atoms with Crippen molar-refractivity contribution in [2.24, 2.45) is 0 Å². The lowest BCUT2D eigenvalue weighted by molar-refractivity contribution is -0.137. The van der Waals surface area contributed by atoms with E-state index in [1.807, 2.05) is 30.3 Å². The van der Waals surface area contributed by atoms with Crippen LogP contribution in [-0.4, -0.2) is 77.9 Å². The van der Waals surface area contributed by atoms with E-state index < -0.39 is 5.97 Å². The van der Waals surface area contributed by atoms with Gasteiger partial charge < -0.3 is 10.2 Å². The summed E-state index contributed by atoms with van der Waals surface area (Å²) < 4.78 is 0. The second-order valence-corrected chi connectivity index (χ2v) is 9.82. The Morgan fingerprint density at radius 1 is 1.11 bits per heavy atom. The highest BCUT2D eigenvalue weighted by molar-refractivity contribution is 5.66. The van der Waals surface area contributed by atoms with E-state index in [0.29, 0.717) is 31.3 Å². The summed E-state index contributed by atoms with van der Waals surface area (Å²) in [6, 6.07) is 16.3. The van der Waals surface area contributed by atoms with Crippen LogP contribution in [0.25, 0.3) is 11.4 Å². The molecule has 2 heterocycles. The Balaban J connectivity index is 1.61. The summed E-state index contributed by atoms with van der Waals surface area (Å²) in [5.41, 5.74) is 2.99. The highest BCUT2D eigenvalue weighted by Crippen LogP contribution is 2.35. The van der Waals surface area contributed by atoms with Gasteiger partial charge in [-0.25, -0.2) is 0 Å². The van der Waals surface area contributed by atoms with E-state index in [2.05, 4.69) is 63.8 Å². The Hall–Kier alpha value is -3.56. The molecule has 4 rings (SSSR count). The van der Waals surface area contributed by atoms with Crippen molar-refractivity contribution in [1.29, 1.82) is 0 Å². The maximum atomic E-state index is 10.7. The van der Waals surface area contributed by atoms with Crippen LogP contribution in [0.5, 0.6) is 5.75 Å². The SMILES string of the molecule is C=CCN1C[C@H](C)N([C@@H](c2cccc(O)c2)c2cccc(-c3nnn(CCCCC(=O)O)n3)c2)C[C@H]1C. The first kappa shape index (κ1) is 26.5. The number of tetrazole rings is 1. The summed E-state index contributed by atoms with van der Waals surface area (Å²) in [5.74, 6) is -0.0136. The minimum atomic E-state index is -0.795. The van der Waals surface area contributed by atoms with Crippen molar-refractivity contribution in [3.8, 4) is 17.1 Å². The van der Waals surface area contributed by atoms with Crippen molar-refractivity contribution < 1.29 is 15.0 Å². The molecular formula is C28H36N6O3. The van der Waals surface area contributed by atoms with Gasteiger partial charge in [0, 0.05) is 43.7 Å². The lowest BCUT2D eigenvalue weighted by Gasteiger charge is -2.47. The largest absolute Gasteiger partial charge is 0.508 e. The molecule has 9 nitrogen and oxygen atoms in total. The predicted molar refractivity (Wildman–Crippen MR) is 142 cm³/mol. The molecule has 0 radical (unpaired) electrons. The van der Waals surface area contributed by atoms with Gasteiger partial charge in [-0.3, -0.25) is 14.6 Å². The van der Waals surface area contributed by atoms with Crippen LogP contribution < -0.4 is 0 Å². The first-order valence-corrected chi connectivity index (χ1v) is 12.8. The maximum Gasteiger partial charge on any atom is 0.303 e. The minimum absolute atomic E-state index is 0.0542. The summed E-state index contributed by atoms with van der Waals surface area (Å²) >= 11 is 0. The first-order valence-electron chi connectivity index (χ1n) is 12.8. The van der Waals surface area contributed by atoms with E-state index in [1.165, 1.54) is 4.80 Å². The molecule has 3 atom stereocenters. The van der Waals surface area contributed by atoms with Gasteiger partial charge in [0.1, 0.15) is 5.75 Å². The third kappa shape index (κ3) is 6.61. The van der Waals surface area contributed by atoms with E-state index in [0.717, 1.165) is 36.3 Å². The second kappa shape index (κ2) is 12.1. The number of aromatic hydroxyl groups is 1. The van der Waals surface area contributed by atoms with E-state index in [-0.39, 0.29) is 24.3 Å². The molecule has 1 saturated heterocycles. The molecule has 196 valence electrons. The van der Waals surface area contributed by atoms with Crippen LogP contribution in [0.3, 0.4) is 0 Å². The summed E-state index contributed by atoms with van der Waals surface area (Å²) in [7, 11) is 0. The molecule has 2 N–H and O–H groups in total. The van der Waals surface area contributed by atoms with Crippen molar-refractivity contribution >= 4 is 5.97 Å². The number of hydrogen-bond donors (Lipinski definition) is 2. The standard InChI is InChI=1S/C28H36N6O3/c1-4-14-32-18-21(3)33(19-20(32)2)27(23-10-8-12-25(35)17-23)22-9-7-11-24(16-22)28-29-31-34(30-28)15-6-5-13-26(36)37/h4,7-12,16-17,20-21,27,35H,1,5-6,13-15,18-19H2,2-3H3,(H,36,37)/t20-,21+,27-/m1/s1. The van der Waals surface area contributed by atoms with Crippen LogP contribution in [0.1, 0.15) is 50.3 Å². The van der Waals surface area contributed by atoms with Crippen LogP contribution in [0.15, 0.2) is 61.2 Å². The van der Waals surface area contributed by atoms with Crippen LogP contribution in [0.4, 0.5) is 0 Å². The molecule has 3 aromatic rings. The zero-order valence-corrected chi connectivity index (χ0v) is 21.6. The number of hydrogen-bond acceptors (Lipinski definition) is 7. The number of rotatable bonds is 11. The number of nitrogens with zero attached hydrogens (tertiary/aromatic N) is 6. The van der Waals surface area contributed by atoms with E-state index >= 15 is 0 Å². The maximum absolute atomic E-state index is 10.7. The number of aromatic nitrogens is 4. The smallest absolute Gasteiger partial charge is 0.303 e. The Bertz CT molecular complexity index is 1210. The Kier molecular flexibility index (Phi) is 8.68. The monoisotopic (exact) mass is 504 g/mol. The number of carboxylic acid groups (broad SMARTS) is 1. The summed E-state index contributed by atoms with van der Waals surface area (Å²) in [6.07, 6.45) is 3.35. The molecule has 0 saturated carbocycles. The number of carboxylic acids is 1. The molecule has 1 aliphatic rings. The number of carbonyl (C=O) groups is 1. The molecular weight excluding hydrogens is 468 g/mol. The lowest BCUT2D eigenvalue weighted by Crippen LogP contribution is -2.57. The third-order valence-electron chi connectivity index (χ3n) is 6.96. The van der Waals surface area contributed by atoms with Gasteiger partial charge >= 0.3 is 5.97 Å². The average molecular weight is 505 g/mol. The van der Waals surface area contributed by atoms with Gasteiger partial charge in [0.2, 0.25) is 5.82 Å². The Labute approximate surface area is 218 Å². The number of phenols is 1. The van der Waals surface area contributed by atoms with Crippen LogP contribution >= 0.6 is 0 Å². The Morgan fingerprint density at radius 2 is 1.86 bits per heavy atom. The van der Waals surface area contributed by atoms with Gasteiger partial charge in [0.15, 0.2) is 0 Å². The highest BCUT2D eigenvalue weighted by atomic mass is 16.4. The fourth-order valence-electron chi connectivity index (χ4n) is 5.11. The number of phenolic OH excluding ortho intramolecular Hbond substituents is 1. The van der Waals surface area contributed by atoms with Gasteiger partial charge in [0.05, 0.1) is 12.6 Å². The zero-order chi connectivity index (χ0) is 26.4. The number of aliphatic carboxylic acids is 1. The molecule has 37 heavy (non-hydrogen) atoms. The van der Waals surface area contributed by atoms with Crippen LogP contribution in [-0.2, 0) is 11.3 Å². The van der Waals surface area contributed by atoms with E-state index in [4.69, 9.17) is 5.11 Å². The normalized spacial score (nSPS) is 19.5. The molecule has 0 aliphatic carbocycles. The third-order valence-corrected chi connectivity index (χ3v) is 6.96.